The summed E-state index contributed by atoms with van der Waals surface area (Å²) in [5.74, 6) is -1.43. The second-order valence-electron chi connectivity index (χ2n) is 17.3. The van der Waals surface area contributed by atoms with E-state index in [0.29, 0.717) is 19.8 Å². The van der Waals surface area contributed by atoms with Crippen LogP contribution in [-0.4, -0.2) is 113 Å². The molecule has 10 heteroatoms. The van der Waals surface area contributed by atoms with Crippen molar-refractivity contribution in [3.05, 3.63) is 0 Å². The van der Waals surface area contributed by atoms with Crippen LogP contribution in [0.5, 0.6) is 0 Å². The third-order valence-corrected chi connectivity index (χ3v) is 12.0. The first kappa shape index (κ1) is 55.3. The molecule has 0 spiro atoms. The zero-order chi connectivity index (χ0) is 43.0. The van der Waals surface area contributed by atoms with Gasteiger partial charge in [-0.25, -0.2) is 0 Å². The van der Waals surface area contributed by atoms with Crippen molar-refractivity contribution < 1.29 is 38.1 Å². The SMILES string of the molecule is CCCCCCCCC(CCCCCC)C(=O)OCC(COC(=O)CCOCCOCCN1CCN(CC)CC1)COC(=O)C(CCCCCC)CCCCCCCC. The molecule has 0 saturated carbocycles. The zero-order valence-electron chi connectivity index (χ0n) is 39.3. The van der Waals surface area contributed by atoms with Crippen LogP contribution in [0, 0.1) is 17.8 Å². The van der Waals surface area contributed by atoms with Crippen LogP contribution in [-0.2, 0) is 38.1 Å². The summed E-state index contributed by atoms with van der Waals surface area (Å²) >= 11 is 0. The molecule has 1 aliphatic rings. The zero-order valence-corrected chi connectivity index (χ0v) is 39.3. The highest BCUT2D eigenvalue weighted by Crippen LogP contribution is 2.23. The molecule has 1 aliphatic heterocycles. The molecule has 0 aromatic carbocycles. The van der Waals surface area contributed by atoms with Gasteiger partial charge in [-0.1, -0.05) is 163 Å². The average molecular weight is 839 g/mol. The van der Waals surface area contributed by atoms with Crippen LogP contribution >= 0.6 is 0 Å². The maximum absolute atomic E-state index is 13.6. The standard InChI is InChI=1S/C49H94N2O8/c1-6-11-15-19-21-25-29-45(27-23-17-13-8-3)48(53)58-42-44(43-59-49(54)46(28-24-18-14-9-4)30-26-22-20-16-12-7-2)41-57-47(52)31-37-55-39-40-56-38-36-51-34-32-50(10-5)33-35-51/h44-46H,6-43H2,1-5H3. The van der Waals surface area contributed by atoms with Crippen LogP contribution < -0.4 is 0 Å². The lowest BCUT2D eigenvalue weighted by Crippen LogP contribution is -2.47. The van der Waals surface area contributed by atoms with Gasteiger partial charge in [-0.05, 0) is 32.2 Å². The summed E-state index contributed by atoms with van der Waals surface area (Å²) in [5.41, 5.74) is 0. The van der Waals surface area contributed by atoms with E-state index in [1.54, 1.807) is 0 Å². The topological polar surface area (TPSA) is 104 Å². The lowest BCUT2D eigenvalue weighted by atomic mass is 9.94. The summed E-state index contributed by atoms with van der Waals surface area (Å²) in [5, 5.41) is 0. The minimum absolute atomic E-state index is 0.0201. The molecule has 348 valence electrons. The van der Waals surface area contributed by atoms with E-state index in [0.717, 1.165) is 129 Å². The number of carbonyl (C=O) groups excluding carboxylic acids is 3. The van der Waals surface area contributed by atoms with Crippen molar-refractivity contribution in [3.8, 4) is 0 Å². The fraction of sp³-hybridized carbons (Fsp3) is 0.939. The fourth-order valence-electron chi connectivity index (χ4n) is 7.80. The Morgan fingerprint density at radius 3 is 1.25 bits per heavy atom. The number of esters is 3. The van der Waals surface area contributed by atoms with Gasteiger partial charge in [0.15, 0.2) is 0 Å². The summed E-state index contributed by atoms with van der Waals surface area (Å²) in [4.78, 5) is 44.8. The number of carbonyl (C=O) groups is 3. The first-order valence-corrected chi connectivity index (χ1v) is 25.0. The van der Waals surface area contributed by atoms with Crippen molar-refractivity contribution in [2.24, 2.45) is 17.8 Å². The van der Waals surface area contributed by atoms with Crippen LogP contribution in [0.4, 0.5) is 0 Å². The molecule has 0 radical (unpaired) electrons. The van der Waals surface area contributed by atoms with Crippen molar-refractivity contribution in [1.82, 2.24) is 9.80 Å². The van der Waals surface area contributed by atoms with Gasteiger partial charge in [-0.2, -0.15) is 0 Å². The summed E-state index contributed by atoms with van der Waals surface area (Å²) < 4.78 is 29.1. The molecule has 59 heavy (non-hydrogen) atoms. The highest BCUT2D eigenvalue weighted by atomic mass is 16.6. The van der Waals surface area contributed by atoms with Crippen LogP contribution in [0.15, 0.2) is 0 Å². The second kappa shape index (κ2) is 40.3. The molecule has 1 saturated heterocycles. The average Bonchev–Trinajstić information content (AvgIpc) is 3.25. The largest absolute Gasteiger partial charge is 0.465 e. The number of likely N-dealkylation sites (N-methyl/N-ethyl adjacent to an activating group) is 1. The van der Waals surface area contributed by atoms with E-state index < -0.39 is 5.92 Å². The van der Waals surface area contributed by atoms with Crippen molar-refractivity contribution in [1.29, 1.82) is 0 Å². The number of nitrogens with zero attached hydrogens (tertiary/aromatic N) is 2. The van der Waals surface area contributed by atoms with Gasteiger partial charge in [0.2, 0.25) is 0 Å². The van der Waals surface area contributed by atoms with Crippen molar-refractivity contribution in [2.75, 3.05) is 85.5 Å². The van der Waals surface area contributed by atoms with Gasteiger partial charge in [-0.3, -0.25) is 19.3 Å². The Bertz CT molecular complexity index is 928. The number of rotatable bonds is 42. The van der Waals surface area contributed by atoms with Crippen LogP contribution in [0.2, 0.25) is 0 Å². The highest BCUT2D eigenvalue weighted by Gasteiger charge is 2.25. The molecule has 1 rings (SSSR count). The van der Waals surface area contributed by atoms with Crippen molar-refractivity contribution in [2.45, 2.75) is 195 Å². The van der Waals surface area contributed by atoms with Crippen LogP contribution in [0.3, 0.4) is 0 Å². The van der Waals surface area contributed by atoms with Crippen molar-refractivity contribution >= 4 is 17.9 Å². The number of piperazine rings is 1. The number of ether oxygens (including phenoxy) is 5. The Balaban J connectivity index is 2.73. The summed E-state index contributed by atoms with van der Waals surface area (Å²) in [6.45, 7) is 19.4. The van der Waals surface area contributed by atoms with Gasteiger partial charge in [0.1, 0.15) is 19.8 Å². The first-order valence-electron chi connectivity index (χ1n) is 25.0. The molecule has 0 N–H and O–H groups in total. The molecule has 0 aromatic rings. The van der Waals surface area contributed by atoms with Crippen LogP contribution in [0.25, 0.3) is 0 Å². The first-order chi connectivity index (χ1) is 28.9. The molecular formula is C49H94N2O8. The fourth-order valence-corrected chi connectivity index (χ4v) is 7.80. The predicted molar refractivity (Wildman–Crippen MR) is 242 cm³/mol. The Labute approximate surface area is 363 Å². The van der Waals surface area contributed by atoms with E-state index in [1.807, 2.05) is 0 Å². The van der Waals surface area contributed by atoms with E-state index in [-0.39, 0.29) is 62.6 Å². The number of unbranched alkanes of at least 4 members (excludes halogenated alkanes) is 16. The smallest absolute Gasteiger partial charge is 0.308 e. The minimum atomic E-state index is -0.435. The molecule has 1 heterocycles. The summed E-state index contributed by atoms with van der Waals surface area (Å²) in [6.07, 6.45) is 26.6. The maximum atomic E-state index is 13.6. The maximum Gasteiger partial charge on any atom is 0.308 e. The van der Waals surface area contributed by atoms with Gasteiger partial charge in [0, 0.05) is 32.7 Å². The second-order valence-corrected chi connectivity index (χ2v) is 17.3. The highest BCUT2D eigenvalue weighted by molar-refractivity contribution is 5.73. The summed E-state index contributed by atoms with van der Waals surface area (Å²) in [7, 11) is 0. The van der Waals surface area contributed by atoms with E-state index in [2.05, 4.69) is 44.4 Å². The monoisotopic (exact) mass is 839 g/mol. The number of hydrogen-bond acceptors (Lipinski definition) is 10. The molecule has 0 aliphatic carbocycles. The molecule has 10 nitrogen and oxygen atoms in total. The van der Waals surface area contributed by atoms with Crippen molar-refractivity contribution in [3.63, 3.8) is 0 Å². The van der Waals surface area contributed by atoms with Gasteiger partial charge in [-0.15, -0.1) is 0 Å². The molecule has 2 atom stereocenters. The minimum Gasteiger partial charge on any atom is -0.465 e. The third kappa shape index (κ3) is 31.7. The third-order valence-electron chi connectivity index (χ3n) is 12.0. The van der Waals surface area contributed by atoms with Gasteiger partial charge in [0.25, 0.3) is 0 Å². The van der Waals surface area contributed by atoms with E-state index in [1.165, 1.54) is 64.2 Å². The molecule has 0 bridgehead atoms. The van der Waals surface area contributed by atoms with E-state index in [4.69, 9.17) is 23.7 Å². The Morgan fingerprint density at radius 1 is 0.441 bits per heavy atom. The Kier molecular flexibility index (Phi) is 37.8. The lowest BCUT2D eigenvalue weighted by molar-refractivity contribution is -0.158. The Hall–Kier alpha value is -1.75. The molecule has 1 fully saturated rings. The van der Waals surface area contributed by atoms with Crippen LogP contribution in [0.1, 0.15) is 195 Å². The lowest BCUT2D eigenvalue weighted by Gasteiger charge is -2.33. The molecular weight excluding hydrogens is 745 g/mol. The quantitative estimate of drug-likeness (QED) is 0.0335. The normalized spacial score (nSPS) is 15.2. The molecule has 0 amide bonds. The molecule has 0 aromatic heterocycles. The van der Waals surface area contributed by atoms with E-state index in [9.17, 15) is 14.4 Å². The predicted octanol–water partition coefficient (Wildman–Crippen LogP) is 11.0. The Morgan fingerprint density at radius 2 is 0.814 bits per heavy atom. The van der Waals surface area contributed by atoms with Gasteiger partial charge in [0.05, 0.1) is 50.6 Å². The van der Waals surface area contributed by atoms with E-state index >= 15 is 0 Å². The van der Waals surface area contributed by atoms with Gasteiger partial charge >= 0.3 is 17.9 Å². The summed E-state index contributed by atoms with van der Waals surface area (Å²) in [6, 6.07) is 0. The number of hydrogen-bond donors (Lipinski definition) is 0. The van der Waals surface area contributed by atoms with Gasteiger partial charge < -0.3 is 28.6 Å². The molecule has 2 unspecified atom stereocenters.